The van der Waals surface area contributed by atoms with Gasteiger partial charge in [-0.05, 0) is 35.9 Å². The highest BCUT2D eigenvalue weighted by Crippen LogP contribution is 2.19. The van der Waals surface area contributed by atoms with Crippen LogP contribution in [-0.2, 0) is 11.3 Å². The van der Waals surface area contributed by atoms with Crippen molar-refractivity contribution in [3.63, 3.8) is 0 Å². The lowest BCUT2D eigenvalue weighted by Gasteiger charge is -2.08. The van der Waals surface area contributed by atoms with Crippen molar-refractivity contribution in [2.75, 3.05) is 0 Å². The van der Waals surface area contributed by atoms with Gasteiger partial charge in [0, 0.05) is 29.5 Å². The third-order valence-electron chi connectivity index (χ3n) is 2.74. The van der Waals surface area contributed by atoms with E-state index in [0.717, 1.165) is 11.3 Å². The quantitative estimate of drug-likeness (QED) is 0.517. The van der Waals surface area contributed by atoms with E-state index in [0.29, 0.717) is 11.6 Å². The first kappa shape index (κ1) is 14.3. The summed E-state index contributed by atoms with van der Waals surface area (Å²) in [5.41, 5.74) is 3.04. The van der Waals surface area contributed by atoms with E-state index < -0.39 is 5.91 Å². The number of nitrogens with one attached hydrogen (secondary N) is 1. The maximum atomic E-state index is 13.0. The number of hydrogen-bond acceptors (Lipinski definition) is 2. The van der Waals surface area contributed by atoms with Crippen LogP contribution in [0.5, 0.6) is 0 Å². The molecule has 0 saturated carbocycles. The van der Waals surface area contributed by atoms with E-state index in [-0.39, 0.29) is 5.82 Å². The lowest BCUT2D eigenvalue weighted by atomic mass is 10.2. The number of amides is 1. The van der Waals surface area contributed by atoms with Gasteiger partial charge in [0.1, 0.15) is 5.82 Å². The molecule has 6 heteroatoms. The molecule has 1 heterocycles. The van der Waals surface area contributed by atoms with Crippen LogP contribution in [-0.4, -0.2) is 15.7 Å². The van der Waals surface area contributed by atoms with Gasteiger partial charge in [-0.1, -0.05) is 17.7 Å². The van der Waals surface area contributed by atoms with Crippen LogP contribution in [0.3, 0.4) is 0 Å². The largest absolute Gasteiger partial charge is 0.344 e. The van der Waals surface area contributed by atoms with Crippen molar-refractivity contribution >= 4 is 23.6 Å². The summed E-state index contributed by atoms with van der Waals surface area (Å²) in [7, 11) is 0. The van der Waals surface area contributed by atoms with Crippen molar-refractivity contribution in [2.45, 2.75) is 6.54 Å². The molecule has 4 nitrogen and oxygen atoms in total. The molecule has 0 aliphatic heterocycles. The molecule has 0 fully saturated rings. The van der Waals surface area contributed by atoms with Crippen LogP contribution in [0.1, 0.15) is 11.3 Å². The molecule has 2 N–H and O–H groups in total. The van der Waals surface area contributed by atoms with Crippen LogP contribution < -0.4 is 5.48 Å². The van der Waals surface area contributed by atoms with Crippen molar-refractivity contribution in [1.29, 1.82) is 0 Å². The zero-order chi connectivity index (χ0) is 14.5. The Hall–Kier alpha value is -2.11. The molecule has 2 rings (SSSR count). The summed E-state index contributed by atoms with van der Waals surface area (Å²) in [6.45, 7) is 0.451. The molecule has 20 heavy (non-hydrogen) atoms. The maximum Gasteiger partial charge on any atom is 0.267 e. The first-order valence-corrected chi connectivity index (χ1v) is 6.19. The van der Waals surface area contributed by atoms with Crippen molar-refractivity contribution in [2.24, 2.45) is 0 Å². The molecular weight excluding hydrogens is 283 g/mol. The third kappa shape index (κ3) is 3.46. The van der Waals surface area contributed by atoms with Crippen LogP contribution in [0.25, 0.3) is 6.08 Å². The molecule has 0 spiro atoms. The summed E-state index contributed by atoms with van der Waals surface area (Å²) in [6.07, 6.45) is 4.58. The van der Waals surface area contributed by atoms with Crippen molar-refractivity contribution < 1.29 is 14.4 Å². The van der Waals surface area contributed by atoms with Crippen LogP contribution in [0.15, 0.2) is 42.6 Å². The van der Waals surface area contributed by atoms with Crippen LogP contribution in [0.2, 0.25) is 5.02 Å². The first-order chi connectivity index (χ1) is 9.60. The fraction of sp³-hybridized carbons (Fsp3) is 0.0714. The minimum absolute atomic E-state index is 0.349. The number of carbonyl (C=O) groups is 1. The van der Waals surface area contributed by atoms with Gasteiger partial charge >= 0.3 is 0 Å². The number of rotatable bonds is 4. The molecule has 0 aliphatic carbocycles. The number of nitrogens with zero attached hydrogens (tertiary/aromatic N) is 1. The van der Waals surface area contributed by atoms with Gasteiger partial charge in [-0.25, -0.2) is 9.87 Å². The predicted octanol–water partition coefficient (Wildman–Crippen LogP) is 2.85. The molecule has 0 atom stereocenters. The molecule has 0 unspecified atom stereocenters. The number of halogens is 2. The van der Waals surface area contributed by atoms with Crippen molar-refractivity contribution in [3.8, 4) is 0 Å². The highest BCUT2D eigenvalue weighted by Gasteiger charge is 2.05. The van der Waals surface area contributed by atoms with Crippen LogP contribution >= 0.6 is 11.6 Å². The van der Waals surface area contributed by atoms with Gasteiger partial charge in [0.2, 0.25) is 0 Å². The van der Waals surface area contributed by atoms with Gasteiger partial charge < -0.3 is 4.57 Å². The molecular formula is C14H12ClFN2O2. The van der Waals surface area contributed by atoms with E-state index in [1.807, 2.05) is 16.8 Å². The molecule has 0 saturated heterocycles. The molecule has 1 aromatic carbocycles. The Morgan fingerprint density at radius 1 is 1.45 bits per heavy atom. The molecule has 104 valence electrons. The summed E-state index contributed by atoms with van der Waals surface area (Å²) in [5, 5.41) is 8.77. The number of aromatic nitrogens is 1. The van der Waals surface area contributed by atoms with E-state index in [1.165, 1.54) is 23.7 Å². The molecule has 2 aromatic rings. The highest BCUT2D eigenvalue weighted by molar-refractivity contribution is 6.31. The molecule has 1 aromatic heterocycles. The average Bonchev–Trinajstić information content (AvgIpc) is 2.86. The molecule has 0 bridgehead atoms. The summed E-state index contributed by atoms with van der Waals surface area (Å²) >= 11 is 5.98. The van der Waals surface area contributed by atoms with Crippen LogP contribution in [0, 0.1) is 5.82 Å². The van der Waals surface area contributed by atoms with E-state index in [4.69, 9.17) is 16.8 Å². The smallest absolute Gasteiger partial charge is 0.267 e. The zero-order valence-electron chi connectivity index (χ0n) is 10.4. The standard InChI is InChI=1S/C14H12ClFN2O2/c15-13-8-11(16)4-3-10(13)9-18-7-1-2-12(18)5-6-14(19)17-20/h1-8,20H,9H2,(H,17,19)/b6-5+. The number of hydrogen-bond donors (Lipinski definition) is 2. The second-order valence-electron chi connectivity index (χ2n) is 4.11. The summed E-state index contributed by atoms with van der Waals surface area (Å²) in [5.74, 6) is -0.997. The third-order valence-corrected chi connectivity index (χ3v) is 3.09. The Kier molecular flexibility index (Phi) is 4.55. The van der Waals surface area contributed by atoms with Gasteiger partial charge in [-0.2, -0.15) is 0 Å². The lowest BCUT2D eigenvalue weighted by Crippen LogP contribution is -2.15. The predicted molar refractivity (Wildman–Crippen MR) is 73.9 cm³/mol. The van der Waals surface area contributed by atoms with Gasteiger partial charge in [-0.3, -0.25) is 10.0 Å². The van der Waals surface area contributed by atoms with E-state index in [9.17, 15) is 9.18 Å². The second kappa shape index (κ2) is 6.36. The molecule has 1 amide bonds. The maximum absolute atomic E-state index is 13.0. The van der Waals surface area contributed by atoms with E-state index in [2.05, 4.69) is 0 Å². The highest BCUT2D eigenvalue weighted by atomic mass is 35.5. The second-order valence-corrected chi connectivity index (χ2v) is 4.51. The number of hydroxylamine groups is 1. The monoisotopic (exact) mass is 294 g/mol. The summed E-state index contributed by atoms with van der Waals surface area (Å²) in [4.78, 5) is 10.9. The minimum atomic E-state index is -0.613. The van der Waals surface area contributed by atoms with Gasteiger partial charge in [-0.15, -0.1) is 0 Å². The minimum Gasteiger partial charge on any atom is -0.344 e. The lowest BCUT2D eigenvalue weighted by molar-refractivity contribution is -0.124. The van der Waals surface area contributed by atoms with E-state index >= 15 is 0 Å². The Balaban J connectivity index is 2.20. The Labute approximate surface area is 120 Å². The first-order valence-electron chi connectivity index (χ1n) is 5.81. The van der Waals surface area contributed by atoms with E-state index in [1.54, 1.807) is 18.2 Å². The average molecular weight is 295 g/mol. The Bertz CT molecular complexity index is 652. The number of carbonyl (C=O) groups excluding carboxylic acids is 1. The number of benzene rings is 1. The molecule has 0 radical (unpaired) electrons. The fourth-order valence-corrected chi connectivity index (χ4v) is 1.98. The normalized spacial score (nSPS) is 10.9. The van der Waals surface area contributed by atoms with Gasteiger partial charge in [0.15, 0.2) is 0 Å². The molecule has 0 aliphatic rings. The summed E-state index contributed by atoms with van der Waals surface area (Å²) in [6, 6.07) is 7.84. The fourth-order valence-electron chi connectivity index (χ4n) is 1.75. The SMILES string of the molecule is O=C(/C=C/c1cccn1Cc1ccc(F)cc1Cl)NO. The van der Waals surface area contributed by atoms with Crippen molar-refractivity contribution in [3.05, 3.63) is 64.7 Å². The topological polar surface area (TPSA) is 54.3 Å². The summed E-state index contributed by atoms with van der Waals surface area (Å²) < 4.78 is 14.8. The van der Waals surface area contributed by atoms with Crippen LogP contribution in [0.4, 0.5) is 4.39 Å². The zero-order valence-corrected chi connectivity index (χ0v) is 11.1. The van der Waals surface area contributed by atoms with Gasteiger partial charge in [0.05, 0.1) is 0 Å². The Morgan fingerprint density at radius 2 is 2.25 bits per heavy atom. The van der Waals surface area contributed by atoms with Crippen molar-refractivity contribution in [1.82, 2.24) is 10.0 Å². The Morgan fingerprint density at radius 3 is 2.95 bits per heavy atom. The van der Waals surface area contributed by atoms with Gasteiger partial charge in [0.25, 0.3) is 5.91 Å².